The second kappa shape index (κ2) is 9.50. The van der Waals surface area contributed by atoms with Gasteiger partial charge in [0.2, 0.25) is 0 Å². The van der Waals surface area contributed by atoms with Gasteiger partial charge in [-0.15, -0.1) is 0 Å². The average molecular weight is 339 g/mol. The molecule has 22 heavy (non-hydrogen) atoms. The van der Waals surface area contributed by atoms with Crippen LogP contribution in [0, 0.1) is 13.8 Å². The van der Waals surface area contributed by atoms with Gasteiger partial charge in [0, 0.05) is 10.0 Å². The number of esters is 1. The fourth-order valence-corrected chi connectivity index (χ4v) is 2.15. The van der Waals surface area contributed by atoms with Crippen molar-refractivity contribution in [1.29, 1.82) is 0 Å². The molecule has 2 aromatic carbocycles. The predicted octanol–water partition coefficient (Wildman–Crippen LogP) is 5.40. The normalized spacial score (nSPS) is 9.68. The molecule has 0 bridgehead atoms. The Bertz CT molecular complexity index is 604. The molecule has 0 saturated heterocycles. The minimum Gasteiger partial charge on any atom is -0.466 e. The maximum Gasteiger partial charge on any atom is 0.310 e. The Balaban J connectivity index is 0.000000235. The van der Waals surface area contributed by atoms with Gasteiger partial charge < -0.3 is 4.74 Å². The second-order valence-electron chi connectivity index (χ2n) is 4.75. The van der Waals surface area contributed by atoms with Crippen LogP contribution in [-0.4, -0.2) is 12.6 Å². The number of ether oxygens (including phenoxy) is 1. The van der Waals surface area contributed by atoms with E-state index in [-0.39, 0.29) is 5.97 Å². The summed E-state index contributed by atoms with van der Waals surface area (Å²) in [5.74, 6) is -0.156. The molecule has 0 aromatic heterocycles. The molecule has 2 nitrogen and oxygen atoms in total. The van der Waals surface area contributed by atoms with Crippen LogP contribution in [0.15, 0.2) is 42.5 Å². The summed E-state index contributed by atoms with van der Waals surface area (Å²) in [5, 5.41) is 1.45. The van der Waals surface area contributed by atoms with Crippen LogP contribution in [-0.2, 0) is 16.0 Å². The summed E-state index contributed by atoms with van der Waals surface area (Å²) in [5.41, 5.74) is 3.12. The fraction of sp³-hybridized carbons (Fsp3) is 0.278. The van der Waals surface area contributed by atoms with Crippen molar-refractivity contribution in [3.8, 4) is 0 Å². The molecule has 0 heterocycles. The summed E-state index contributed by atoms with van der Waals surface area (Å²) in [4.78, 5) is 11.1. The molecule has 0 spiro atoms. The van der Waals surface area contributed by atoms with Crippen LogP contribution < -0.4 is 0 Å². The van der Waals surface area contributed by atoms with Crippen molar-refractivity contribution < 1.29 is 9.53 Å². The lowest BCUT2D eigenvalue weighted by atomic mass is 10.1. The fourth-order valence-electron chi connectivity index (χ4n) is 1.76. The Morgan fingerprint density at radius 1 is 1.00 bits per heavy atom. The van der Waals surface area contributed by atoms with Crippen LogP contribution in [0.5, 0.6) is 0 Å². The highest BCUT2D eigenvalue weighted by Gasteiger charge is 2.04. The topological polar surface area (TPSA) is 26.3 Å². The van der Waals surface area contributed by atoms with Gasteiger partial charge in [-0.1, -0.05) is 53.5 Å². The Labute approximate surface area is 142 Å². The standard InChI is InChI=1S/C11H14O2.C7H6Cl2/c1-3-13-11(12)8-10-7-5-4-6-9(10)2;1-5-6(8)3-2-4-7(5)9/h4-7H,3,8H2,1-2H3;2-4H,1H3. The van der Waals surface area contributed by atoms with Crippen LogP contribution >= 0.6 is 23.2 Å². The summed E-state index contributed by atoms with van der Waals surface area (Å²) < 4.78 is 4.86. The lowest BCUT2D eigenvalue weighted by Gasteiger charge is -2.04. The highest BCUT2D eigenvalue weighted by molar-refractivity contribution is 6.35. The van der Waals surface area contributed by atoms with Crippen molar-refractivity contribution in [2.45, 2.75) is 27.2 Å². The second-order valence-corrected chi connectivity index (χ2v) is 5.57. The molecule has 118 valence electrons. The molecular weight excluding hydrogens is 319 g/mol. The molecule has 0 atom stereocenters. The molecular formula is C18H20Cl2O2. The highest BCUT2D eigenvalue weighted by Crippen LogP contribution is 2.22. The Morgan fingerprint density at radius 2 is 1.59 bits per heavy atom. The first-order valence-corrected chi connectivity index (χ1v) is 7.82. The van der Waals surface area contributed by atoms with Crippen LogP contribution in [0.4, 0.5) is 0 Å². The van der Waals surface area contributed by atoms with Gasteiger partial charge in [0.05, 0.1) is 13.0 Å². The summed E-state index contributed by atoms with van der Waals surface area (Å²) in [6.45, 7) is 6.15. The smallest absolute Gasteiger partial charge is 0.310 e. The number of hydrogen-bond donors (Lipinski definition) is 0. The first kappa shape index (κ1) is 18.5. The third-order valence-corrected chi connectivity index (χ3v) is 3.92. The minimum atomic E-state index is -0.156. The van der Waals surface area contributed by atoms with Crippen LogP contribution in [0.25, 0.3) is 0 Å². The van der Waals surface area contributed by atoms with Crippen molar-refractivity contribution >= 4 is 29.2 Å². The van der Waals surface area contributed by atoms with E-state index < -0.39 is 0 Å². The molecule has 0 aliphatic carbocycles. The molecule has 0 aliphatic heterocycles. The van der Waals surface area contributed by atoms with Crippen molar-refractivity contribution in [3.63, 3.8) is 0 Å². The Kier molecular flexibility index (Phi) is 8.00. The third kappa shape index (κ3) is 6.08. The average Bonchev–Trinajstić information content (AvgIpc) is 2.48. The lowest BCUT2D eigenvalue weighted by Crippen LogP contribution is -2.08. The van der Waals surface area contributed by atoms with E-state index in [2.05, 4.69) is 0 Å². The first-order valence-electron chi connectivity index (χ1n) is 7.06. The van der Waals surface area contributed by atoms with Gasteiger partial charge >= 0.3 is 5.97 Å². The number of carbonyl (C=O) groups excluding carboxylic acids is 1. The maximum atomic E-state index is 11.1. The summed E-state index contributed by atoms with van der Waals surface area (Å²) >= 11 is 11.5. The summed E-state index contributed by atoms with van der Waals surface area (Å²) in [6, 6.07) is 13.3. The first-order chi connectivity index (χ1) is 10.5. The van der Waals surface area contributed by atoms with E-state index in [1.54, 1.807) is 0 Å². The molecule has 0 unspecified atom stereocenters. The number of hydrogen-bond acceptors (Lipinski definition) is 2. The van der Waals surface area contributed by atoms with Crippen molar-refractivity contribution in [2.75, 3.05) is 6.61 Å². The molecule has 0 amide bonds. The summed E-state index contributed by atoms with van der Waals surface area (Å²) in [6.07, 6.45) is 0.376. The van der Waals surface area contributed by atoms with Gasteiger partial charge in [0.15, 0.2) is 0 Å². The molecule has 0 N–H and O–H groups in total. The van der Waals surface area contributed by atoms with E-state index in [0.717, 1.165) is 26.7 Å². The van der Waals surface area contributed by atoms with E-state index >= 15 is 0 Å². The molecule has 0 saturated carbocycles. The van der Waals surface area contributed by atoms with E-state index in [0.29, 0.717) is 13.0 Å². The molecule has 0 aliphatic rings. The monoisotopic (exact) mass is 338 g/mol. The van der Waals surface area contributed by atoms with E-state index in [1.807, 2.05) is 63.2 Å². The third-order valence-electron chi connectivity index (χ3n) is 3.10. The van der Waals surface area contributed by atoms with Gasteiger partial charge in [-0.3, -0.25) is 4.79 Å². The van der Waals surface area contributed by atoms with E-state index in [1.165, 1.54) is 0 Å². The van der Waals surface area contributed by atoms with Gasteiger partial charge in [0.25, 0.3) is 0 Å². The van der Waals surface area contributed by atoms with Crippen LogP contribution in [0.2, 0.25) is 10.0 Å². The van der Waals surface area contributed by atoms with Gasteiger partial charge in [-0.2, -0.15) is 0 Å². The summed E-state index contributed by atoms with van der Waals surface area (Å²) in [7, 11) is 0. The lowest BCUT2D eigenvalue weighted by molar-refractivity contribution is -0.142. The molecule has 4 heteroatoms. The largest absolute Gasteiger partial charge is 0.466 e. The van der Waals surface area contributed by atoms with Gasteiger partial charge in [-0.25, -0.2) is 0 Å². The SMILES string of the molecule is CCOC(=O)Cc1ccccc1C.Cc1c(Cl)cccc1Cl. The predicted molar refractivity (Wildman–Crippen MR) is 92.7 cm³/mol. The molecule has 0 fully saturated rings. The zero-order valence-corrected chi connectivity index (χ0v) is 14.5. The highest BCUT2D eigenvalue weighted by atomic mass is 35.5. The van der Waals surface area contributed by atoms with Crippen molar-refractivity contribution in [3.05, 3.63) is 69.2 Å². The molecule has 0 radical (unpaired) electrons. The number of halogens is 2. The Hall–Kier alpha value is -1.51. The van der Waals surface area contributed by atoms with Crippen molar-refractivity contribution in [1.82, 2.24) is 0 Å². The maximum absolute atomic E-state index is 11.1. The van der Waals surface area contributed by atoms with E-state index in [4.69, 9.17) is 27.9 Å². The Morgan fingerprint density at radius 3 is 2.09 bits per heavy atom. The van der Waals surface area contributed by atoms with Crippen LogP contribution in [0.1, 0.15) is 23.6 Å². The molecule has 2 rings (SSSR count). The quantitative estimate of drug-likeness (QED) is 0.700. The van der Waals surface area contributed by atoms with Crippen LogP contribution in [0.3, 0.4) is 0 Å². The number of carbonyl (C=O) groups is 1. The zero-order valence-electron chi connectivity index (χ0n) is 13.0. The van der Waals surface area contributed by atoms with Crippen molar-refractivity contribution in [2.24, 2.45) is 0 Å². The zero-order chi connectivity index (χ0) is 16.5. The number of rotatable bonds is 3. The number of aryl methyl sites for hydroxylation is 1. The van der Waals surface area contributed by atoms with E-state index in [9.17, 15) is 4.79 Å². The number of benzene rings is 2. The molecule has 2 aromatic rings. The minimum absolute atomic E-state index is 0.156. The van der Waals surface area contributed by atoms with Gasteiger partial charge in [0.1, 0.15) is 0 Å². The van der Waals surface area contributed by atoms with Gasteiger partial charge in [-0.05, 0) is 49.6 Å².